The van der Waals surface area contributed by atoms with Crippen molar-refractivity contribution in [2.45, 2.75) is 47.1 Å². The third-order valence-corrected chi connectivity index (χ3v) is 10.5. The largest absolute Gasteiger partial charge is 0.289 e. The van der Waals surface area contributed by atoms with Gasteiger partial charge in [0.25, 0.3) is 0 Å². The summed E-state index contributed by atoms with van der Waals surface area (Å²) in [6, 6.07) is 9.03. The molecule has 5 nitrogen and oxygen atoms in total. The monoisotopic (exact) mass is 606 g/mol. The summed E-state index contributed by atoms with van der Waals surface area (Å²) >= 11 is 7.23. The molecule has 0 aliphatic heterocycles. The minimum absolute atomic E-state index is 0.100. The third kappa shape index (κ3) is 6.10. The quantitative estimate of drug-likeness (QED) is 0.275. The molecule has 0 N–H and O–H groups in total. The zero-order valence-electron chi connectivity index (χ0n) is 18.9. The molecule has 9 heteroatoms. The summed E-state index contributed by atoms with van der Waals surface area (Å²) in [4.78, 5) is 13.5. The van der Waals surface area contributed by atoms with Crippen molar-refractivity contribution < 1.29 is 21.6 Å². The molecule has 0 aliphatic carbocycles. The van der Waals surface area contributed by atoms with Crippen LogP contribution in [0.4, 0.5) is 0 Å². The molecule has 32 heavy (non-hydrogen) atoms. The van der Waals surface area contributed by atoms with Crippen LogP contribution in [-0.4, -0.2) is 35.1 Å². The van der Waals surface area contributed by atoms with Gasteiger partial charge in [-0.1, -0.05) is 59.6 Å². The molecule has 2 aromatic carbocycles. The van der Waals surface area contributed by atoms with Gasteiger partial charge in [-0.15, -0.1) is 0 Å². The van der Waals surface area contributed by atoms with E-state index in [1.807, 2.05) is 27.7 Å². The van der Waals surface area contributed by atoms with Crippen LogP contribution in [0.3, 0.4) is 0 Å². The van der Waals surface area contributed by atoms with Crippen LogP contribution in [0.5, 0.6) is 0 Å². The number of hydrogen-bond donors (Lipinski definition) is 0. The lowest BCUT2D eigenvalue weighted by molar-refractivity contribution is 0.103. The summed E-state index contributed by atoms with van der Waals surface area (Å²) in [5.41, 5.74) is 1.93. The number of benzene rings is 2. The van der Waals surface area contributed by atoms with Gasteiger partial charge in [0, 0.05) is 33.3 Å². The summed E-state index contributed by atoms with van der Waals surface area (Å²) in [7, 11) is -6.91. The van der Waals surface area contributed by atoms with Crippen LogP contribution in [0.2, 0.25) is 0 Å². The maximum atomic E-state index is 13.7. The molecule has 0 aromatic heterocycles. The average molecular weight is 608 g/mol. The predicted molar refractivity (Wildman–Crippen MR) is 136 cm³/mol. The van der Waals surface area contributed by atoms with Crippen molar-refractivity contribution in [1.29, 1.82) is 0 Å². The van der Waals surface area contributed by atoms with Crippen molar-refractivity contribution in [1.82, 2.24) is 0 Å². The van der Waals surface area contributed by atoms with E-state index in [4.69, 9.17) is 0 Å². The Balaban J connectivity index is 2.79. The second kappa shape index (κ2) is 10.1. The van der Waals surface area contributed by atoms with Gasteiger partial charge >= 0.3 is 0 Å². The standard InChI is InChI=1S/C23H28Br2O5S2/c1-13(2)21(24)19-11-15(31(5,27)28)7-9-17(19)23(26)18-10-8-16(32(6,29)30)12-20(18)22(25)14(3)4/h7-14,21-22H,1-6H3. The molecule has 2 atom stereocenters. The molecular formula is C23H28Br2O5S2. The molecule has 0 saturated carbocycles. The Bertz CT molecular complexity index is 1140. The molecule has 0 spiro atoms. The molecule has 0 bridgehead atoms. The number of sulfone groups is 2. The average Bonchev–Trinajstić information content (AvgIpc) is 2.69. The van der Waals surface area contributed by atoms with Gasteiger partial charge in [0.05, 0.1) is 9.79 Å². The Morgan fingerprint density at radius 1 is 0.688 bits per heavy atom. The van der Waals surface area contributed by atoms with Gasteiger partial charge in [-0.3, -0.25) is 4.79 Å². The van der Waals surface area contributed by atoms with E-state index in [-0.39, 0.29) is 37.1 Å². The van der Waals surface area contributed by atoms with Crippen LogP contribution in [-0.2, 0) is 19.7 Å². The SMILES string of the molecule is CC(C)C(Br)c1cc(S(C)(=O)=O)ccc1C(=O)c1ccc(S(C)(=O)=O)cc1C(Br)C(C)C. The molecule has 2 rings (SSSR count). The summed E-state index contributed by atoms with van der Waals surface area (Å²) in [5, 5.41) is 0. The highest BCUT2D eigenvalue weighted by molar-refractivity contribution is 9.09. The van der Waals surface area contributed by atoms with Crippen molar-refractivity contribution in [2.75, 3.05) is 12.5 Å². The Kier molecular flexibility index (Phi) is 8.57. The van der Waals surface area contributed by atoms with Crippen molar-refractivity contribution >= 4 is 57.3 Å². The normalized spacial score (nSPS) is 14.6. The fourth-order valence-electron chi connectivity index (χ4n) is 3.28. The second-order valence-electron chi connectivity index (χ2n) is 8.66. The van der Waals surface area contributed by atoms with Crippen molar-refractivity contribution in [2.24, 2.45) is 11.8 Å². The lowest BCUT2D eigenvalue weighted by Crippen LogP contribution is -2.15. The zero-order valence-corrected chi connectivity index (χ0v) is 23.7. The minimum atomic E-state index is -3.45. The first-order chi connectivity index (χ1) is 14.6. The number of rotatable bonds is 8. The molecule has 2 unspecified atom stereocenters. The van der Waals surface area contributed by atoms with E-state index in [1.54, 1.807) is 12.1 Å². The van der Waals surface area contributed by atoms with Crippen LogP contribution in [0.25, 0.3) is 0 Å². The van der Waals surface area contributed by atoms with Gasteiger partial charge in [-0.25, -0.2) is 16.8 Å². The number of hydrogen-bond acceptors (Lipinski definition) is 5. The van der Waals surface area contributed by atoms with E-state index in [0.29, 0.717) is 22.3 Å². The summed E-state index contributed by atoms with van der Waals surface area (Å²) in [6.45, 7) is 7.89. The van der Waals surface area contributed by atoms with E-state index in [2.05, 4.69) is 31.9 Å². The first-order valence-corrected chi connectivity index (χ1v) is 15.7. The van der Waals surface area contributed by atoms with E-state index in [1.165, 1.54) is 24.3 Å². The number of halogens is 2. The van der Waals surface area contributed by atoms with Crippen LogP contribution < -0.4 is 0 Å². The Hall–Kier alpha value is -1.03. The maximum absolute atomic E-state index is 13.7. The molecule has 0 aliphatic rings. The Morgan fingerprint density at radius 3 is 1.25 bits per heavy atom. The van der Waals surface area contributed by atoms with Crippen LogP contribution in [0, 0.1) is 11.8 Å². The van der Waals surface area contributed by atoms with Crippen LogP contribution in [0.1, 0.15) is 64.4 Å². The molecule has 0 fully saturated rings. The number of alkyl halides is 2. The topological polar surface area (TPSA) is 85.3 Å². The maximum Gasteiger partial charge on any atom is 0.193 e. The first-order valence-electron chi connectivity index (χ1n) is 10.1. The highest BCUT2D eigenvalue weighted by Gasteiger charge is 2.27. The van der Waals surface area contributed by atoms with E-state index in [9.17, 15) is 21.6 Å². The van der Waals surface area contributed by atoms with E-state index < -0.39 is 19.7 Å². The molecule has 176 valence electrons. The molecule has 0 saturated heterocycles. The lowest BCUT2D eigenvalue weighted by Gasteiger charge is -2.22. The van der Waals surface area contributed by atoms with Gasteiger partial charge in [0.1, 0.15) is 0 Å². The highest BCUT2D eigenvalue weighted by Crippen LogP contribution is 2.38. The fourth-order valence-corrected chi connectivity index (χ4v) is 5.35. The number of carbonyl (C=O) groups excluding carboxylic acids is 1. The molecular weight excluding hydrogens is 580 g/mol. The van der Waals surface area contributed by atoms with Crippen LogP contribution >= 0.6 is 31.9 Å². The van der Waals surface area contributed by atoms with Crippen molar-refractivity contribution in [3.05, 3.63) is 58.7 Å². The molecule has 2 aromatic rings. The Morgan fingerprint density at radius 2 is 1.00 bits per heavy atom. The summed E-state index contributed by atoms with van der Waals surface area (Å²) in [5.74, 6) is -0.0867. The molecule has 0 amide bonds. The predicted octanol–water partition coefficient (Wildman–Crippen LogP) is 5.91. The van der Waals surface area contributed by atoms with E-state index >= 15 is 0 Å². The van der Waals surface area contributed by atoms with Gasteiger partial charge in [-0.2, -0.15) is 0 Å². The summed E-state index contributed by atoms with van der Waals surface area (Å²) in [6.07, 6.45) is 2.26. The van der Waals surface area contributed by atoms with E-state index in [0.717, 1.165) is 12.5 Å². The fraction of sp³-hybridized carbons (Fsp3) is 0.435. The molecule has 0 radical (unpaired) electrons. The van der Waals surface area contributed by atoms with Gasteiger partial charge in [-0.05, 0) is 59.4 Å². The summed E-state index contributed by atoms with van der Waals surface area (Å²) < 4.78 is 48.5. The second-order valence-corrected chi connectivity index (χ2v) is 14.7. The zero-order chi connectivity index (χ0) is 24.6. The first kappa shape index (κ1) is 27.2. The van der Waals surface area contributed by atoms with Crippen LogP contribution in [0.15, 0.2) is 46.2 Å². The van der Waals surface area contributed by atoms with Crippen molar-refractivity contribution in [3.63, 3.8) is 0 Å². The number of carbonyl (C=O) groups is 1. The van der Waals surface area contributed by atoms with Gasteiger partial charge in [0.15, 0.2) is 25.5 Å². The highest BCUT2D eigenvalue weighted by atomic mass is 79.9. The Labute approximate surface area is 208 Å². The number of ketones is 1. The minimum Gasteiger partial charge on any atom is -0.289 e. The lowest BCUT2D eigenvalue weighted by atomic mass is 9.89. The van der Waals surface area contributed by atoms with Crippen molar-refractivity contribution in [3.8, 4) is 0 Å². The van der Waals surface area contributed by atoms with Gasteiger partial charge in [0.2, 0.25) is 0 Å². The smallest absolute Gasteiger partial charge is 0.193 e. The molecule has 0 heterocycles. The third-order valence-electron chi connectivity index (χ3n) is 5.16. The van der Waals surface area contributed by atoms with Gasteiger partial charge < -0.3 is 0 Å².